The molecule has 0 saturated carbocycles. The van der Waals surface area contributed by atoms with Gasteiger partial charge in [-0.15, -0.1) is 0 Å². The molecule has 1 atom stereocenters. The van der Waals surface area contributed by atoms with Crippen molar-refractivity contribution in [3.63, 3.8) is 0 Å². The Morgan fingerprint density at radius 1 is 1.53 bits per heavy atom. The van der Waals surface area contributed by atoms with Crippen LogP contribution in [0.15, 0.2) is 0 Å². The lowest BCUT2D eigenvalue weighted by molar-refractivity contribution is -0.138. The minimum atomic E-state index is -0.770. The highest BCUT2D eigenvalue weighted by Gasteiger charge is 2.41. The SMILES string of the molecule is COCC1CCN(C(=O)C2(N)CCOC2)CC1. The van der Waals surface area contributed by atoms with Gasteiger partial charge in [0, 0.05) is 33.4 Å². The van der Waals surface area contributed by atoms with Crippen molar-refractivity contribution in [3.05, 3.63) is 0 Å². The molecule has 0 spiro atoms. The van der Waals surface area contributed by atoms with E-state index in [2.05, 4.69) is 0 Å². The minimum Gasteiger partial charge on any atom is -0.384 e. The molecule has 2 rings (SSSR count). The average molecular weight is 242 g/mol. The molecule has 0 aromatic heterocycles. The molecule has 0 bridgehead atoms. The lowest BCUT2D eigenvalue weighted by Gasteiger charge is -2.36. The molecular weight excluding hydrogens is 220 g/mol. The van der Waals surface area contributed by atoms with Crippen molar-refractivity contribution < 1.29 is 14.3 Å². The Kier molecular flexibility index (Phi) is 4.01. The molecule has 5 heteroatoms. The summed E-state index contributed by atoms with van der Waals surface area (Å²) in [6.45, 7) is 3.35. The van der Waals surface area contributed by atoms with E-state index in [1.807, 2.05) is 4.90 Å². The maximum Gasteiger partial charge on any atom is 0.245 e. The highest BCUT2D eigenvalue weighted by atomic mass is 16.5. The fraction of sp³-hybridized carbons (Fsp3) is 0.917. The summed E-state index contributed by atoms with van der Waals surface area (Å²) in [5.41, 5.74) is 5.32. The molecule has 2 fully saturated rings. The third-order valence-corrected chi connectivity index (χ3v) is 3.78. The number of rotatable bonds is 3. The van der Waals surface area contributed by atoms with Crippen LogP contribution in [0.1, 0.15) is 19.3 Å². The Hall–Kier alpha value is -0.650. The van der Waals surface area contributed by atoms with Crippen LogP contribution in [0.5, 0.6) is 0 Å². The third kappa shape index (κ3) is 2.78. The van der Waals surface area contributed by atoms with E-state index in [0.717, 1.165) is 32.5 Å². The number of carbonyl (C=O) groups excluding carboxylic acids is 1. The normalized spacial score (nSPS) is 30.8. The zero-order valence-corrected chi connectivity index (χ0v) is 10.5. The van der Waals surface area contributed by atoms with Crippen molar-refractivity contribution in [2.45, 2.75) is 24.8 Å². The first kappa shape index (κ1) is 12.8. The van der Waals surface area contributed by atoms with Crippen LogP contribution in [0, 0.1) is 5.92 Å². The molecule has 2 saturated heterocycles. The van der Waals surface area contributed by atoms with Crippen LogP contribution < -0.4 is 5.73 Å². The zero-order chi connectivity index (χ0) is 12.3. The number of likely N-dealkylation sites (tertiary alicyclic amines) is 1. The van der Waals surface area contributed by atoms with Gasteiger partial charge in [-0.2, -0.15) is 0 Å². The number of hydrogen-bond donors (Lipinski definition) is 1. The van der Waals surface area contributed by atoms with Crippen molar-refractivity contribution in [2.24, 2.45) is 11.7 Å². The summed E-state index contributed by atoms with van der Waals surface area (Å²) < 4.78 is 10.4. The summed E-state index contributed by atoms with van der Waals surface area (Å²) >= 11 is 0. The summed E-state index contributed by atoms with van der Waals surface area (Å²) in [6.07, 6.45) is 2.66. The highest BCUT2D eigenvalue weighted by Crippen LogP contribution is 2.23. The summed E-state index contributed by atoms with van der Waals surface area (Å²) in [4.78, 5) is 14.2. The van der Waals surface area contributed by atoms with Crippen LogP contribution in [0.2, 0.25) is 0 Å². The maximum absolute atomic E-state index is 12.3. The van der Waals surface area contributed by atoms with Crippen LogP contribution in [0.3, 0.4) is 0 Å². The van der Waals surface area contributed by atoms with E-state index in [4.69, 9.17) is 15.2 Å². The Morgan fingerprint density at radius 3 is 2.76 bits per heavy atom. The van der Waals surface area contributed by atoms with Crippen molar-refractivity contribution in [1.82, 2.24) is 4.90 Å². The summed E-state index contributed by atoms with van der Waals surface area (Å²) in [5.74, 6) is 0.642. The number of ether oxygens (including phenoxy) is 2. The highest BCUT2D eigenvalue weighted by molar-refractivity contribution is 5.86. The molecule has 5 nitrogen and oxygen atoms in total. The Balaban J connectivity index is 1.86. The van der Waals surface area contributed by atoms with Gasteiger partial charge >= 0.3 is 0 Å². The number of piperidine rings is 1. The van der Waals surface area contributed by atoms with Gasteiger partial charge in [0.25, 0.3) is 0 Å². The number of hydrogen-bond acceptors (Lipinski definition) is 4. The minimum absolute atomic E-state index is 0.0610. The quantitative estimate of drug-likeness (QED) is 0.756. The number of nitrogens with zero attached hydrogens (tertiary/aromatic N) is 1. The molecule has 1 unspecified atom stereocenters. The molecule has 17 heavy (non-hydrogen) atoms. The standard InChI is InChI=1S/C12H22N2O3/c1-16-8-10-2-5-14(6-3-10)11(15)12(13)4-7-17-9-12/h10H,2-9,13H2,1H3. The fourth-order valence-corrected chi connectivity index (χ4v) is 2.60. The van der Waals surface area contributed by atoms with Gasteiger partial charge < -0.3 is 20.1 Å². The predicted octanol–water partition coefficient (Wildman–Crippen LogP) is -0.0108. The first-order valence-electron chi connectivity index (χ1n) is 6.30. The summed E-state index contributed by atoms with van der Waals surface area (Å²) in [5, 5.41) is 0. The van der Waals surface area contributed by atoms with E-state index < -0.39 is 5.54 Å². The molecular formula is C12H22N2O3. The second-order valence-corrected chi connectivity index (χ2v) is 5.15. The zero-order valence-electron chi connectivity index (χ0n) is 10.5. The van der Waals surface area contributed by atoms with Crippen molar-refractivity contribution in [2.75, 3.05) is 40.0 Å². The Labute approximate surface area is 102 Å². The first-order valence-corrected chi connectivity index (χ1v) is 6.30. The first-order chi connectivity index (χ1) is 8.15. The average Bonchev–Trinajstić information content (AvgIpc) is 2.78. The molecule has 1 amide bonds. The molecule has 2 aliphatic heterocycles. The fourth-order valence-electron chi connectivity index (χ4n) is 2.60. The van der Waals surface area contributed by atoms with Gasteiger partial charge in [0.1, 0.15) is 5.54 Å². The van der Waals surface area contributed by atoms with Crippen LogP contribution >= 0.6 is 0 Å². The third-order valence-electron chi connectivity index (χ3n) is 3.78. The smallest absolute Gasteiger partial charge is 0.245 e. The van der Waals surface area contributed by atoms with Gasteiger partial charge in [-0.25, -0.2) is 0 Å². The molecule has 0 aromatic carbocycles. The summed E-state index contributed by atoms with van der Waals surface area (Å²) in [7, 11) is 1.72. The van der Waals surface area contributed by atoms with E-state index in [1.165, 1.54) is 0 Å². The van der Waals surface area contributed by atoms with Gasteiger partial charge in [0.05, 0.1) is 6.61 Å². The largest absolute Gasteiger partial charge is 0.384 e. The molecule has 98 valence electrons. The monoisotopic (exact) mass is 242 g/mol. The van der Waals surface area contributed by atoms with Gasteiger partial charge in [-0.3, -0.25) is 4.79 Å². The van der Waals surface area contributed by atoms with Crippen LogP contribution in [0.25, 0.3) is 0 Å². The van der Waals surface area contributed by atoms with Crippen molar-refractivity contribution in [1.29, 1.82) is 0 Å². The van der Waals surface area contributed by atoms with Crippen LogP contribution in [-0.4, -0.2) is 56.4 Å². The van der Waals surface area contributed by atoms with Crippen molar-refractivity contribution >= 4 is 5.91 Å². The molecule has 2 heterocycles. The van der Waals surface area contributed by atoms with Gasteiger partial charge in [-0.05, 0) is 25.2 Å². The predicted molar refractivity (Wildman–Crippen MR) is 63.5 cm³/mol. The van der Waals surface area contributed by atoms with Gasteiger partial charge in [0.15, 0.2) is 0 Å². The Bertz CT molecular complexity index is 269. The molecule has 2 aliphatic rings. The number of amides is 1. The maximum atomic E-state index is 12.3. The van der Waals surface area contributed by atoms with E-state index in [9.17, 15) is 4.79 Å². The lowest BCUT2D eigenvalue weighted by atomic mass is 9.93. The number of carbonyl (C=O) groups is 1. The number of nitrogens with two attached hydrogens (primary N) is 1. The second kappa shape index (κ2) is 5.33. The Morgan fingerprint density at radius 2 is 2.24 bits per heavy atom. The van der Waals surface area contributed by atoms with Crippen LogP contribution in [-0.2, 0) is 14.3 Å². The molecule has 0 radical (unpaired) electrons. The van der Waals surface area contributed by atoms with Crippen LogP contribution in [0.4, 0.5) is 0 Å². The van der Waals surface area contributed by atoms with Gasteiger partial charge in [0.2, 0.25) is 5.91 Å². The second-order valence-electron chi connectivity index (χ2n) is 5.15. The van der Waals surface area contributed by atoms with E-state index in [0.29, 0.717) is 25.6 Å². The topological polar surface area (TPSA) is 64.8 Å². The molecule has 2 N–H and O–H groups in total. The van der Waals surface area contributed by atoms with E-state index >= 15 is 0 Å². The van der Waals surface area contributed by atoms with E-state index in [-0.39, 0.29) is 5.91 Å². The van der Waals surface area contributed by atoms with Crippen molar-refractivity contribution in [3.8, 4) is 0 Å². The van der Waals surface area contributed by atoms with E-state index in [1.54, 1.807) is 7.11 Å². The number of methoxy groups -OCH3 is 1. The molecule has 0 aliphatic carbocycles. The lowest BCUT2D eigenvalue weighted by Crippen LogP contribution is -2.57. The molecule has 0 aromatic rings. The summed E-state index contributed by atoms with van der Waals surface area (Å²) in [6, 6.07) is 0. The van der Waals surface area contributed by atoms with Gasteiger partial charge in [-0.1, -0.05) is 0 Å².